The van der Waals surface area contributed by atoms with Crippen LogP contribution in [0, 0.1) is 5.82 Å². The highest BCUT2D eigenvalue weighted by Gasteiger charge is 2.18. The first-order chi connectivity index (χ1) is 26.7. The minimum absolute atomic E-state index is 0.299. The molecule has 0 saturated carbocycles. The molecule has 250 valence electrons. The lowest BCUT2D eigenvalue weighted by molar-refractivity contribution is 0.629. The molecule has 0 spiro atoms. The van der Waals surface area contributed by atoms with Gasteiger partial charge in [0.2, 0.25) is 0 Å². The van der Waals surface area contributed by atoms with Gasteiger partial charge in [-0.05, 0) is 111 Å². The summed E-state index contributed by atoms with van der Waals surface area (Å²) < 4.78 is 16.7. The van der Waals surface area contributed by atoms with Gasteiger partial charge in [-0.2, -0.15) is 0 Å². The normalized spacial score (nSPS) is 12.2. The molecule has 12 aromatic rings. The Morgan fingerprint density at radius 1 is 0.389 bits per heavy atom. The van der Waals surface area contributed by atoms with Crippen molar-refractivity contribution >= 4 is 75.7 Å². The molecule has 12 rings (SSSR count). The smallest absolute Gasteiger partial charge is 0.145 e. The first-order valence-electron chi connectivity index (χ1n) is 18.4. The van der Waals surface area contributed by atoms with Crippen molar-refractivity contribution in [3.8, 4) is 39.3 Å². The van der Waals surface area contributed by atoms with E-state index in [0.29, 0.717) is 5.52 Å². The lowest BCUT2D eigenvalue weighted by Crippen LogP contribution is -1.98. The van der Waals surface area contributed by atoms with Gasteiger partial charge in [0.1, 0.15) is 11.6 Å². The van der Waals surface area contributed by atoms with Gasteiger partial charge >= 0.3 is 0 Å². The molecular weight excluding hydrogens is 660 g/mol. The van der Waals surface area contributed by atoms with Gasteiger partial charge in [-0.1, -0.05) is 146 Å². The van der Waals surface area contributed by atoms with Crippen molar-refractivity contribution in [1.82, 2.24) is 9.55 Å². The van der Waals surface area contributed by atoms with Crippen molar-refractivity contribution in [2.24, 2.45) is 0 Å². The molecule has 11 aromatic carbocycles. The van der Waals surface area contributed by atoms with Crippen molar-refractivity contribution in [2.45, 2.75) is 0 Å². The summed E-state index contributed by atoms with van der Waals surface area (Å²) in [5.74, 6) is 0.473. The number of rotatable bonds is 4. The number of aromatic nitrogens is 2. The summed E-state index contributed by atoms with van der Waals surface area (Å²) in [6, 6.07) is 62.1. The van der Waals surface area contributed by atoms with E-state index in [1.54, 1.807) is 0 Å². The molecule has 0 amide bonds. The summed E-state index contributed by atoms with van der Waals surface area (Å²) in [7, 11) is 0. The lowest BCUT2D eigenvalue weighted by Gasteiger charge is -2.15. The molecule has 54 heavy (non-hydrogen) atoms. The number of halogens is 1. The molecule has 2 nitrogen and oxygen atoms in total. The minimum atomic E-state index is -0.299. The third kappa shape index (κ3) is 4.18. The molecule has 0 aliphatic carbocycles. The largest absolute Gasteiger partial charge is 0.292 e. The summed E-state index contributed by atoms with van der Waals surface area (Å²) in [5, 5.41) is 15.3. The van der Waals surface area contributed by atoms with Crippen molar-refractivity contribution in [1.29, 1.82) is 0 Å². The van der Waals surface area contributed by atoms with Crippen molar-refractivity contribution < 1.29 is 4.39 Å². The third-order valence-corrected chi connectivity index (χ3v) is 11.6. The number of hydrogen-bond acceptors (Lipinski definition) is 1. The molecule has 1 heterocycles. The third-order valence-electron chi connectivity index (χ3n) is 11.6. The van der Waals surface area contributed by atoms with Crippen LogP contribution in [0.25, 0.3) is 115 Å². The highest BCUT2D eigenvalue weighted by atomic mass is 19.1. The van der Waals surface area contributed by atoms with E-state index >= 15 is 0 Å². The SMILES string of the molecule is Fc1ccc2c(c1)nc(-c1ccc(-c3ccc4ccc5cccc6ccc3c4c56)cc1)n2-c1ccc(-c2ccc3ccc4cccc5ccc2c3c45)cc1. The maximum atomic E-state index is 14.6. The maximum Gasteiger partial charge on any atom is 0.145 e. The maximum absolute atomic E-state index is 14.6. The van der Waals surface area contributed by atoms with Crippen molar-refractivity contribution in [3.63, 3.8) is 0 Å². The quantitative estimate of drug-likeness (QED) is 0.168. The van der Waals surface area contributed by atoms with E-state index in [4.69, 9.17) is 4.98 Å². The van der Waals surface area contributed by atoms with Gasteiger partial charge in [0.25, 0.3) is 0 Å². The highest BCUT2D eigenvalue weighted by Crippen LogP contribution is 2.42. The number of fused-ring (bicyclic) bond motifs is 1. The Hall–Kier alpha value is -7.10. The predicted molar refractivity (Wildman–Crippen MR) is 225 cm³/mol. The zero-order valence-corrected chi connectivity index (χ0v) is 29.0. The number of nitrogens with zero attached hydrogens (tertiary/aromatic N) is 2. The zero-order valence-electron chi connectivity index (χ0n) is 29.0. The first kappa shape index (κ1) is 29.5. The van der Waals surface area contributed by atoms with Gasteiger partial charge in [0, 0.05) is 17.3 Å². The number of hydrogen-bond donors (Lipinski definition) is 0. The fourth-order valence-corrected chi connectivity index (χ4v) is 9.07. The lowest BCUT2D eigenvalue weighted by atomic mass is 9.90. The predicted octanol–water partition coefficient (Wildman–Crippen LogP) is 14.0. The van der Waals surface area contributed by atoms with E-state index in [9.17, 15) is 4.39 Å². The molecule has 0 aliphatic rings. The Kier molecular flexibility index (Phi) is 5.98. The molecule has 0 fully saturated rings. The summed E-state index contributed by atoms with van der Waals surface area (Å²) >= 11 is 0. The average molecular weight is 689 g/mol. The summed E-state index contributed by atoms with van der Waals surface area (Å²) in [6.07, 6.45) is 0. The van der Waals surface area contributed by atoms with Crippen LogP contribution in [0.3, 0.4) is 0 Å². The number of benzene rings is 11. The molecule has 1 aromatic heterocycles. The highest BCUT2D eigenvalue weighted by molar-refractivity contribution is 6.26. The molecule has 0 saturated heterocycles. The Morgan fingerprint density at radius 2 is 0.833 bits per heavy atom. The molecule has 0 bridgehead atoms. The molecule has 0 N–H and O–H groups in total. The van der Waals surface area contributed by atoms with Crippen LogP contribution < -0.4 is 0 Å². The van der Waals surface area contributed by atoms with Gasteiger partial charge in [-0.15, -0.1) is 0 Å². The fourth-order valence-electron chi connectivity index (χ4n) is 9.07. The van der Waals surface area contributed by atoms with Gasteiger partial charge in [0.05, 0.1) is 11.0 Å². The van der Waals surface area contributed by atoms with Crippen molar-refractivity contribution in [3.05, 3.63) is 182 Å². The van der Waals surface area contributed by atoms with Gasteiger partial charge in [-0.3, -0.25) is 4.57 Å². The van der Waals surface area contributed by atoms with E-state index < -0.39 is 0 Å². The van der Waals surface area contributed by atoms with Crippen LogP contribution >= 0.6 is 0 Å². The Labute approximate surface area is 309 Å². The molecule has 0 radical (unpaired) electrons. The second kappa shape index (κ2) is 11.0. The summed E-state index contributed by atoms with van der Waals surface area (Å²) in [6.45, 7) is 0. The second-order valence-electron chi connectivity index (χ2n) is 14.5. The van der Waals surface area contributed by atoms with Crippen molar-refractivity contribution in [2.75, 3.05) is 0 Å². The van der Waals surface area contributed by atoms with Crippen LogP contribution in [0.4, 0.5) is 4.39 Å². The number of imidazole rings is 1. The molecule has 0 atom stereocenters. The Morgan fingerprint density at radius 3 is 1.37 bits per heavy atom. The standard InChI is InChI=1S/C51H29FN2/c52-39-21-28-46-45(29-39)53-51(38-13-7-30(8-14-38)41-24-17-36-11-9-32-3-1-5-34-19-26-43(41)49(36)47(32)34)54(46)40-22-15-31(16-23-40)42-25-18-37-12-10-33-4-2-6-35-20-27-44(42)50(37)48(33)35/h1-29H. The van der Waals surface area contributed by atoms with Crippen LogP contribution in [0.2, 0.25) is 0 Å². The van der Waals surface area contributed by atoms with Gasteiger partial charge in [0.15, 0.2) is 0 Å². The van der Waals surface area contributed by atoms with Gasteiger partial charge < -0.3 is 0 Å². The molecular formula is C51H29FN2. The average Bonchev–Trinajstić information content (AvgIpc) is 3.60. The van der Waals surface area contributed by atoms with Crippen LogP contribution in [0.15, 0.2) is 176 Å². The molecule has 3 heteroatoms. The van der Waals surface area contributed by atoms with Crippen LogP contribution in [-0.2, 0) is 0 Å². The Balaban J connectivity index is 0.971. The summed E-state index contributed by atoms with van der Waals surface area (Å²) in [4.78, 5) is 5.02. The first-order valence-corrected chi connectivity index (χ1v) is 18.4. The second-order valence-corrected chi connectivity index (χ2v) is 14.5. The van der Waals surface area contributed by atoms with E-state index in [-0.39, 0.29) is 5.82 Å². The Bertz CT molecular complexity index is 3400. The van der Waals surface area contributed by atoms with E-state index in [0.717, 1.165) is 33.7 Å². The fraction of sp³-hybridized carbons (Fsp3) is 0. The minimum Gasteiger partial charge on any atom is -0.292 e. The van der Waals surface area contributed by atoms with Gasteiger partial charge in [-0.25, -0.2) is 9.37 Å². The zero-order chi connectivity index (χ0) is 35.5. The van der Waals surface area contributed by atoms with Crippen LogP contribution in [-0.4, -0.2) is 9.55 Å². The van der Waals surface area contributed by atoms with Crippen LogP contribution in [0.1, 0.15) is 0 Å². The molecule has 0 unspecified atom stereocenters. The topological polar surface area (TPSA) is 17.8 Å². The van der Waals surface area contributed by atoms with E-state index in [1.165, 1.54) is 87.9 Å². The van der Waals surface area contributed by atoms with E-state index in [2.05, 4.69) is 162 Å². The van der Waals surface area contributed by atoms with Crippen LogP contribution in [0.5, 0.6) is 0 Å². The summed E-state index contributed by atoms with van der Waals surface area (Å²) in [5.41, 5.74) is 8.10. The molecule has 0 aliphatic heterocycles. The van der Waals surface area contributed by atoms with E-state index in [1.807, 2.05) is 6.07 Å². The monoisotopic (exact) mass is 688 g/mol.